The van der Waals surface area contributed by atoms with E-state index in [-0.39, 0.29) is 11.8 Å². The van der Waals surface area contributed by atoms with E-state index in [4.69, 9.17) is 16.0 Å². The van der Waals surface area contributed by atoms with Gasteiger partial charge in [0.2, 0.25) is 0 Å². The fourth-order valence-corrected chi connectivity index (χ4v) is 3.45. The third-order valence-electron chi connectivity index (χ3n) is 4.47. The maximum Gasteiger partial charge on any atom is 0.255 e. The molecule has 1 saturated heterocycles. The van der Waals surface area contributed by atoms with E-state index in [0.29, 0.717) is 23.0 Å². The largest absolute Gasteiger partial charge is 0.440 e. The molecule has 0 saturated carbocycles. The third-order valence-corrected chi connectivity index (χ3v) is 4.80. The topological polar surface area (TPSA) is 46.3 Å². The van der Waals surface area contributed by atoms with Gasteiger partial charge in [-0.3, -0.25) is 4.79 Å². The lowest BCUT2D eigenvalue weighted by atomic mass is 9.97. The van der Waals surface area contributed by atoms with Crippen LogP contribution in [0.1, 0.15) is 35.0 Å². The molecule has 0 bridgehead atoms. The van der Waals surface area contributed by atoms with Gasteiger partial charge in [-0.25, -0.2) is 4.98 Å². The minimum absolute atomic E-state index is 0.0265. The van der Waals surface area contributed by atoms with Gasteiger partial charge in [0, 0.05) is 13.1 Å². The van der Waals surface area contributed by atoms with Crippen LogP contribution in [0.3, 0.4) is 0 Å². The van der Waals surface area contributed by atoms with Gasteiger partial charge in [0.1, 0.15) is 5.52 Å². The summed E-state index contributed by atoms with van der Waals surface area (Å²) in [4.78, 5) is 19.2. The van der Waals surface area contributed by atoms with Crippen LogP contribution >= 0.6 is 11.6 Å². The van der Waals surface area contributed by atoms with Gasteiger partial charge in [0.15, 0.2) is 11.5 Å². The highest BCUT2D eigenvalue weighted by molar-refractivity contribution is 6.33. The highest BCUT2D eigenvalue weighted by Gasteiger charge is 2.29. The summed E-state index contributed by atoms with van der Waals surface area (Å²) in [7, 11) is 0. The second-order valence-electron chi connectivity index (χ2n) is 6.09. The highest BCUT2D eigenvalue weighted by Crippen LogP contribution is 2.30. The zero-order valence-corrected chi connectivity index (χ0v) is 13.9. The molecule has 0 spiro atoms. The molecule has 2 heterocycles. The number of nitrogens with zero attached hydrogens (tertiary/aromatic N) is 2. The number of fused-ring (bicyclic) bond motifs is 1. The zero-order valence-electron chi connectivity index (χ0n) is 13.1. The lowest BCUT2D eigenvalue weighted by Gasteiger charge is -2.31. The van der Waals surface area contributed by atoms with Crippen LogP contribution in [0.15, 0.2) is 52.9 Å². The molecule has 1 fully saturated rings. The van der Waals surface area contributed by atoms with Crippen molar-refractivity contribution >= 4 is 28.6 Å². The number of para-hydroxylation sites is 2. The molecule has 1 atom stereocenters. The lowest BCUT2D eigenvalue weighted by molar-refractivity contribution is 0.0699. The SMILES string of the molecule is O=C(c1ccccc1Cl)N1CCCC(c2nc3ccccc3o2)C1. The van der Waals surface area contributed by atoms with E-state index in [1.54, 1.807) is 12.1 Å². The number of benzene rings is 2. The monoisotopic (exact) mass is 340 g/mol. The van der Waals surface area contributed by atoms with Crippen LogP contribution in [0.2, 0.25) is 5.02 Å². The van der Waals surface area contributed by atoms with Crippen LogP contribution in [0, 0.1) is 0 Å². The first kappa shape index (κ1) is 15.2. The fourth-order valence-electron chi connectivity index (χ4n) is 3.23. The number of halogens is 1. The van der Waals surface area contributed by atoms with Crippen LogP contribution in [0.25, 0.3) is 11.1 Å². The Morgan fingerprint density at radius 2 is 1.96 bits per heavy atom. The predicted molar refractivity (Wildman–Crippen MR) is 93.3 cm³/mol. The summed E-state index contributed by atoms with van der Waals surface area (Å²) in [6.45, 7) is 1.34. The van der Waals surface area contributed by atoms with Gasteiger partial charge in [-0.05, 0) is 37.1 Å². The molecule has 1 aliphatic rings. The van der Waals surface area contributed by atoms with Crippen LogP contribution < -0.4 is 0 Å². The first-order valence-electron chi connectivity index (χ1n) is 8.11. The number of amides is 1. The number of piperidine rings is 1. The zero-order chi connectivity index (χ0) is 16.5. The van der Waals surface area contributed by atoms with Crippen LogP contribution in [0.4, 0.5) is 0 Å². The third kappa shape index (κ3) is 2.78. The first-order valence-corrected chi connectivity index (χ1v) is 8.49. The Labute approximate surface area is 145 Å². The number of likely N-dealkylation sites (tertiary alicyclic amines) is 1. The average molecular weight is 341 g/mol. The van der Waals surface area contributed by atoms with E-state index >= 15 is 0 Å². The van der Waals surface area contributed by atoms with E-state index in [9.17, 15) is 4.79 Å². The number of hydrogen-bond donors (Lipinski definition) is 0. The predicted octanol–water partition coefficient (Wildman–Crippen LogP) is 4.50. The summed E-state index contributed by atoms with van der Waals surface area (Å²) in [6.07, 6.45) is 1.90. The van der Waals surface area contributed by atoms with Gasteiger partial charge in [0.05, 0.1) is 16.5 Å². The summed E-state index contributed by atoms with van der Waals surface area (Å²) in [5, 5.41) is 0.492. The van der Waals surface area contributed by atoms with Crippen molar-refractivity contribution in [3.05, 3.63) is 65.0 Å². The van der Waals surface area contributed by atoms with Crippen molar-refractivity contribution in [3.63, 3.8) is 0 Å². The minimum atomic E-state index is -0.0265. The Balaban J connectivity index is 1.57. The molecule has 3 aromatic rings. The number of hydrogen-bond acceptors (Lipinski definition) is 3. The number of aromatic nitrogens is 1. The molecule has 2 aromatic carbocycles. The Morgan fingerprint density at radius 1 is 1.17 bits per heavy atom. The first-order chi connectivity index (χ1) is 11.7. The Hall–Kier alpha value is -2.33. The number of rotatable bonds is 2. The molecule has 1 aromatic heterocycles. The molecule has 4 nitrogen and oxygen atoms in total. The normalized spacial score (nSPS) is 18.0. The van der Waals surface area contributed by atoms with E-state index in [1.165, 1.54) is 0 Å². The van der Waals surface area contributed by atoms with Gasteiger partial charge < -0.3 is 9.32 Å². The molecule has 0 N–H and O–H groups in total. The smallest absolute Gasteiger partial charge is 0.255 e. The van der Waals surface area contributed by atoms with Crippen LogP contribution in [-0.4, -0.2) is 28.9 Å². The molecule has 24 heavy (non-hydrogen) atoms. The van der Waals surface area contributed by atoms with Gasteiger partial charge in [-0.15, -0.1) is 0 Å². The summed E-state index contributed by atoms with van der Waals surface area (Å²) in [5.74, 6) is 0.812. The Bertz CT molecular complexity index is 857. The van der Waals surface area contributed by atoms with Gasteiger partial charge in [-0.2, -0.15) is 0 Å². The lowest BCUT2D eigenvalue weighted by Crippen LogP contribution is -2.39. The van der Waals surface area contributed by atoms with Gasteiger partial charge in [0.25, 0.3) is 5.91 Å². The van der Waals surface area contributed by atoms with Crippen molar-refractivity contribution < 1.29 is 9.21 Å². The highest BCUT2D eigenvalue weighted by atomic mass is 35.5. The van der Waals surface area contributed by atoms with Crippen molar-refractivity contribution in [2.45, 2.75) is 18.8 Å². The van der Waals surface area contributed by atoms with E-state index in [1.807, 2.05) is 41.3 Å². The van der Waals surface area contributed by atoms with Crippen molar-refractivity contribution in [2.24, 2.45) is 0 Å². The van der Waals surface area contributed by atoms with E-state index < -0.39 is 0 Å². The minimum Gasteiger partial charge on any atom is -0.440 e. The van der Waals surface area contributed by atoms with Crippen molar-refractivity contribution in [1.29, 1.82) is 0 Å². The molecule has 0 aliphatic carbocycles. The maximum atomic E-state index is 12.8. The number of carbonyl (C=O) groups is 1. The molecule has 0 radical (unpaired) electrons. The molecular formula is C19H17ClN2O2. The van der Waals surface area contributed by atoms with E-state index in [2.05, 4.69) is 4.98 Å². The average Bonchev–Trinajstić information content (AvgIpc) is 3.06. The second-order valence-corrected chi connectivity index (χ2v) is 6.50. The van der Waals surface area contributed by atoms with Crippen LogP contribution in [0.5, 0.6) is 0 Å². The van der Waals surface area contributed by atoms with Crippen molar-refractivity contribution in [1.82, 2.24) is 9.88 Å². The molecular weight excluding hydrogens is 324 g/mol. The van der Waals surface area contributed by atoms with Gasteiger partial charge in [-0.1, -0.05) is 35.9 Å². The Morgan fingerprint density at radius 3 is 2.79 bits per heavy atom. The molecule has 1 aliphatic heterocycles. The summed E-state index contributed by atoms with van der Waals surface area (Å²) in [6, 6.07) is 14.9. The van der Waals surface area contributed by atoms with Gasteiger partial charge >= 0.3 is 0 Å². The molecule has 1 amide bonds. The van der Waals surface area contributed by atoms with E-state index in [0.717, 1.165) is 30.5 Å². The number of oxazole rings is 1. The quantitative estimate of drug-likeness (QED) is 0.690. The molecule has 122 valence electrons. The summed E-state index contributed by atoms with van der Waals surface area (Å²) < 4.78 is 5.89. The van der Waals surface area contributed by atoms with Crippen molar-refractivity contribution in [3.8, 4) is 0 Å². The second kappa shape index (κ2) is 6.29. The molecule has 4 rings (SSSR count). The van der Waals surface area contributed by atoms with Crippen LogP contribution in [-0.2, 0) is 0 Å². The summed E-state index contributed by atoms with van der Waals surface area (Å²) in [5.41, 5.74) is 2.21. The fraction of sp³-hybridized carbons (Fsp3) is 0.263. The Kier molecular flexibility index (Phi) is 3.98. The standard InChI is InChI=1S/C19H17ClN2O2/c20-15-8-2-1-7-14(15)19(23)22-11-5-6-13(12-22)18-21-16-9-3-4-10-17(16)24-18/h1-4,7-10,13H,5-6,11-12H2. The maximum absolute atomic E-state index is 12.8. The van der Waals surface area contributed by atoms with Crippen molar-refractivity contribution in [2.75, 3.05) is 13.1 Å². The molecule has 1 unspecified atom stereocenters. The summed E-state index contributed by atoms with van der Waals surface area (Å²) >= 11 is 6.17. The molecule has 5 heteroatoms. The number of carbonyl (C=O) groups excluding carboxylic acids is 1.